The van der Waals surface area contributed by atoms with E-state index in [2.05, 4.69) is 5.32 Å². The zero-order valence-electron chi connectivity index (χ0n) is 16.1. The van der Waals surface area contributed by atoms with E-state index in [9.17, 15) is 9.59 Å². The van der Waals surface area contributed by atoms with Gasteiger partial charge in [0, 0.05) is 35.5 Å². The molecule has 1 aliphatic rings. The zero-order chi connectivity index (χ0) is 20.6. The van der Waals surface area contributed by atoms with E-state index in [4.69, 9.17) is 23.2 Å². The highest BCUT2D eigenvalue weighted by atomic mass is 35.5. The van der Waals surface area contributed by atoms with Crippen LogP contribution in [-0.2, 0) is 16.0 Å². The van der Waals surface area contributed by atoms with Crippen molar-refractivity contribution in [3.63, 3.8) is 0 Å². The fourth-order valence-corrected chi connectivity index (χ4v) is 4.63. The summed E-state index contributed by atoms with van der Waals surface area (Å²) in [4.78, 5) is 27.4. The average molecular weight is 451 g/mol. The molecule has 1 aliphatic heterocycles. The van der Waals surface area contributed by atoms with Crippen molar-refractivity contribution in [1.82, 2.24) is 10.2 Å². The van der Waals surface area contributed by atoms with E-state index in [0.717, 1.165) is 24.2 Å². The quantitative estimate of drug-likeness (QED) is 0.614. The first-order valence-electron chi connectivity index (χ1n) is 9.70. The Kier molecular flexibility index (Phi) is 8.28. The first-order valence-corrected chi connectivity index (χ1v) is 11.4. The average Bonchev–Trinajstić information content (AvgIpc) is 2.74. The van der Waals surface area contributed by atoms with Gasteiger partial charge in [0.25, 0.3) is 0 Å². The number of thioether (sulfide) groups is 1. The number of aryl methyl sites for hydroxylation is 1. The van der Waals surface area contributed by atoms with E-state index >= 15 is 0 Å². The second kappa shape index (κ2) is 10.9. The molecule has 154 valence electrons. The zero-order valence-corrected chi connectivity index (χ0v) is 18.4. The lowest BCUT2D eigenvalue weighted by atomic mass is 10.0. The van der Waals surface area contributed by atoms with Gasteiger partial charge < -0.3 is 10.2 Å². The van der Waals surface area contributed by atoms with Crippen LogP contribution in [0, 0.1) is 0 Å². The Morgan fingerprint density at radius 1 is 1.07 bits per heavy atom. The molecule has 1 fully saturated rings. The molecule has 1 heterocycles. The molecule has 0 aliphatic carbocycles. The van der Waals surface area contributed by atoms with Gasteiger partial charge in [-0.15, -0.1) is 11.8 Å². The number of nitrogens with one attached hydrogen (secondary N) is 1. The summed E-state index contributed by atoms with van der Waals surface area (Å²) in [5, 5.41) is 4.26. The van der Waals surface area contributed by atoms with Gasteiger partial charge in [-0.1, -0.05) is 53.5 Å². The fourth-order valence-electron chi connectivity index (χ4n) is 3.33. The summed E-state index contributed by atoms with van der Waals surface area (Å²) >= 11 is 13.5. The molecule has 0 bridgehead atoms. The topological polar surface area (TPSA) is 49.4 Å². The fraction of sp³-hybridized carbons (Fsp3) is 0.364. The van der Waals surface area contributed by atoms with Crippen LogP contribution < -0.4 is 5.32 Å². The van der Waals surface area contributed by atoms with Crippen LogP contribution in [0.1, 0.15) is 24.8 Å². The predicted octanol–water partition coefficient (Wildman–Crippen LogP) is 4.83. The lowest BCUT2D eigenvalue weighted by Gasteiger charge is -2.32. The number of piperidine rings is 1. The van der Waals surface area contributed by atoms with Crippen LogP contribution in [0.25, 0.3) is 0 Å². The van der Waals surface area contributed by atoms with Gasteiger partial charge in [-0.3, -0.25) is 9.59 Å². The molecule has 0 spiro atoms. The SMILES string of the molecule is O=C(CSc1cc(Cl)ccc1Cl)NC1CCN(C(=O)CCc2ccccc2)CC1. The molecule has 0 aromatic heterocycles. The number of hydrogen-bond acceptors (Lipinski definition) is 3. The van der Waals surface area contributed by atoms with E-state index in [-0.39, 0.29) is 23.6 Å². The Balaban J connectivity index is 1.37. The normalized spacial score (nSPS) is 14.6. The summed E-state index contributed by atoms with van der Waals surface area (Å²) in [5.74, 6) is 0.445. The van der Waals surface area contributed by atoms with E-state index < -0.39 is 0 Å². The number of rotatable bonds is 7. The highest BCUT2D eigenvalue weighted by Crippen LogP contribution is 2.29. The second-order valence-electron chi connectivity index (χ2n) is 7.07. The number of amides is 2. The van der Waals surface area contributed by atoms with Gasteiger partial charge in [0.05, 0.1) is 10.8 Å². The Morgan fingerprint density at radius 3 is 2.52 bits per heavy atom. The van der Waals surface area contributed by atoms with Crippen LogP contribution in [0.4, 0.5) is 0 Å². The number of likely N-dealkylation sites (tertiary alicyclic amines) is 1. The Labute approximate surface area is 185 Å². The molecule has 0 saturated carbocycles. The first-order chi connectivity index (χ1) is 14.0. The number of carbonyl (C=O) groups is 2. The number of nitrogens with zero attached hydrogens (tertiary/aromatic N) is 1. The Hall–Kier alpha value is -1.69. The third-order valence-corrected chi connectivity index (χ3v) is 6.67. The van der Waals surface area contributed by atoms with E-state index in [1.54, 1.807) is 18.2 Å². The monoisotopic (exact) mass is 450 g/mol. The third-order valence-electron chi connectivity index (χ3n) is 4.94. The van der Waals surface area contributed by atoms with Crippen LogP contribution in [0.15, 0.2) is 53.4 Å². The summed E-state index contributed by atoms with van der Waals surface area (Å²) in [6.07, 6.45) is 2.86. The van der Waals surface area contributed by atoms with Gasteiger partial charge in [0.15, 0.2) is 0 Å². The van der Waals surface area contributed by atoms with Crippen LogP contribution in [0.2, 0.25) is 10.0 Å². The van der Waals surface area contributed by atoms with Gasteiger partial charge in [-0.25, -0.2) is 0 Å². The van der Waals surface area contributed by atoms with Gasteiger partial charge in [-0.2, -0.15) is 0 Å². The standard InChI is InChI=1S/C22H24Cl2N2O2S/c23-17-7-8-19(24)20(14-17)29-15-21(27)25-18-10-12-26(13-11-18)22(28)9-6-16-4-2-1-3-5-16/h1-5,7-8,14,18H,6,9-13,15H2,(H,25,27). The maximum atomic E-state index is 12.4. The lowest BCUT2D eigenvalue weighted by Crippen LogP contribution is -2.47. The van der Waals surface area contributed by atoms with Crippen molar-refractivity contribution in [2.45, 2.75) is 36.6 Å². The molecule has 0 atom stereocenters. The van der Waals surface area contributed by atoms with E-state index in [0.29, 0.717) is 29.6 Å². The maximum absolute atomic E-state index is 12.4. The molecule has 2 aromatic rings. The van der Waals surface area contributed by atoms with Crippen LogP contribution >= 0.6 is 35.0 Å². The summed E-state index contributed by atoms with van der Waals surface area (Å²) in [7, 11) is 0. The molecule has 29 heavy (non-hydrogen) atoms. The van der Waals surface area contributed by atoms with Crippen LogP contribution in [-0.4, -0.2) is 41.6 Å². The lowest BCUT2D eigenvalue weighted by molar-refractivity contribution is -0.132. The van der Waals surface area contributed by atoms with E-state index in [1.165, 1.54) is 17.3 Å². The molecule has 2 aromatic carbocycles. The summed E-state index contributed by atoms with van der Waals surface area (Å²) in [5.41, 5.74) is 1.18. The first kappa shape index (κ1) is 22.0. The molecule has 1 N–H and O–H groups in total. The second-order valence-corrected chi connectivity index (χ2v) is 8.93. The van der Waals surface area contributed by atoms with Gasteiger partial charge in [0.1, 0.15) is 0 Å². The van der Waals surface area contributed by atoms with Gasteiger partial charge in [-0.05, 0) is 43.0 Å². The minimum atomic E-state index is -0.0279. The molecule has 4 nitrogen and oxygen atoms in total. The largest absolute Gasteiger partial charge is 0.353 e. The minimum absolute atomic E-state index is 0.0279. The van der Waals surface area contributed by atoms with Crippen LogP contribution in [0.3, 0.4) is 0 Å². The number of carbonyl (C=O) groups excluding carboxylic acids is 2. The van der Waals surface area contributed by atoms with Crippen molar-refractivity contribution in [2.24, 2.45) is 0 Å². The van der Waals surface area contributed by atoms with Crippen molar-refractivity contribution < 1.29 is 9.59 Å². The third kappa shape index (κ3) is 6.95. The molecule has 3 rings (SSSR count). The highest BCUT2D eigenvalue weighted by Gasteiger charge is 2.23. The number of halogens is 2. The van der Waals surface area contributed by atoms with Crippen molar-refractivity contribution in [1.29, 1.82) is 0 Å². The predicted molar refractivity (Wildman–Crippen MR) is 120 cm³/mol. The molecule has 0 unspecified atom stereocenters. The van der Waals surface area contributed by atoms with E-state index in [1.807, 2.05) is 35.2 Å². The molecule has 1 saturated heterocycles. The molecule has 2 amide bonds. The highest BCUT2D eigenvalue weighted by molar-refractivity contribution is 8.00. The minimum Gasteiger partial charge on any atom is -0.353 e. The smallest absolute Gasteiger partial charge is 0.230 e. The van der Waals surface area contributed by atoms with Crippen LogP contribution in [0.5, 0.6) is 0 Å². The van der Waals surface area contributed by atoms with Crippen molar-refractivity contribution in [2.75, 3.05) is 18.8 Å². The van der Waals surface area contributed by atoms with Crippen molar-refractivity contribution in [3.05, 3.63) is 64.1 Å². The van der Waals surface area contributed by atoms with Gasteiger partial charge >= 0.3 is 0 Å². The van der Waals surface area contributed by atoms with Gasteiger partial charge in [0.2, 0.25) is 11.8 Å². The molecular weight excluding hydrogens is 427 g/mol. The summed E-state index contributed by atoms with van der Waals surface area (Å²) in [6.45, 7) is 1.37. The molecule has 7 heteroatoms. The Bertz CT molecular complexity index is 840. The maximum Gasteiger partial charge on any atom is 0.230 e. The summed E-state index contributed by atoms with van der Waals surface area (Å²) in [6, 6.07) is 15.4. The molecule has 0 radical (unpaired) electrons. The molecular formula is C22H24Cl2N2O2S. The number of hydrogen-bond donors (Lipinski definition) is 1. The summed E-state index contributed by atoms with van der Waals surface area (Å²) < 4.78 is 0. The number of benzene rings is 2. The van der Waals surface area contributed by atoms with Crippen molar-refractivity contribution in [3.8, 4) is 0 Å². The Morgan fingerprint density at radius 2 is 1.79 bits per heavy atom. The van der Waals surface area contributed by atoms with Crippen molar-refractivity contribution >= 4 is 46.8 Å².